The van der Waals surface area contributed by atoms with Gasteiger partial charge in [0.1, 0.15) is 0 Å². The summed E-state index contributed by atoms with van der Waals surface area (Å²) >= 11 is 0. The standard InChI is InChI=1S/C13H11FN2O/c14-16(10-11-5-4-8-15-9-11)13(17)12-6-2-1-3-7-12/h1-9H,10H2. The van der Waals surface area contributed by atoms with Crippen LogP contribution in [0.5, 0.6) is 0 Å². The average molecular weight is 230 g/mol. The molecule has 4 heteroatoms. The maximum absolute atomic E-state index is 13.6. The number of hydrogen-bond acceptors (Lipinski definition) is 2. The van der Waals surface area contributed by atoms with Gasteiger partial charge in [-0.1, -0.05) is 28.7 Å². The lowest BCUT2D eigenvalue weighted by molar-refractivity contribution is 0.0148. The van der Waals surface area contributed by atoms with Crippen molar-refractivity contribution in [1.29, 1.82) is 0 Å². The summed E-state index contributed by atoms with van der Waals surface area (Å²) in [6.07, 6.45) is 3.13. The number of pyridine rings is 1. The van der Waals surface area contributed by atoms with Crippen molar-refractivity contribution >= 4 is 5.91 Å². The lowest BCUT2D eigenvalue weighted by atomic mass is 10.2. The van der Waals surface area contributed by atoms with Crippen LogP contribution in [-0.4, -0.2) is 16.0 Å². The highest BCUT2D eigenvalue weighted by molar-refractivity contribution is 5.93. The molecule has 1 aromatic heterocycles. The van der Waals surface area contributed by atoms with Crippen LogP contribution in [0.3, 0.4) is 0 Å². The number of rotatable bonds is 3. The molecule has 0 saturated heterocycles. The van der Waals surface area contributed by atoms with Crippen LogP contribution < -0.4 is 0 Å². The summed E-state index contributed by atoms with van der Waals surface area (Å²) in [5.41, 5.74) is 0.984. The zero-order chi connectivity index (χ0) is 12.1. The minimum atomic E-state index is -0.644. The van der Waals surface area contributed by atoms with E-state index in [-0.39, 0.29) is 11.7 Å². The van der Waals surface area contributed by atoms with Crippen LogP contribution in [0.1, 0.15) is 15.9 Å². The second-order valence-electron chi connectivity index (χ2n) is 3.55. The van der Waals surface area contributed by atoms with E-state index in [1.54, 1.807) is 48.7 Å². The summed E-state index contributed by atoms with van der Waals surface area (Å²) in [5, 5.41) is 0.187. The molecule has 0 fully saturated rings. The highest BCUT2D eigenvalue weighted by Gasteiger charge is 2.15. The van der Waals surface area contributed by atoms with Gasteiger partial charge in [0.15, 0.2) is 0 Å². The van der Waals surface area contributed by atoms with Gasteiger partial charge in [-0.05, 0) is 23.8 Å². The molecule has 0 radical (unpaired) electrons. The van der Waals surface area contributed by atoms with Gasteiger partial charge in [0.25, 0.3) is 5.91 Å². The largest absolute Gasteiger partial charge is 0.281 e. The second kappa shape index (κ2) is 5.21. The van der Waals surface area contributed by atoms with Crippen molar-refractivity contribution in [1.82, 2.24) is 10.1 Å². The normalized spacial score (nSPS) is 9.94. The Labute approximate surface area is 98.5 Å². The number of benzene rings is 1. The maximum Gasteiger partial charge on any atom is 0.281 e. The van der Waals surface area contributed by atoms with Gasteiger partial charge in [0.2, 0.25) is 0 Å². The zero-order valence-corrected chi connectivity index (χ0v) is 9.08. The zero-order valence-electron chi connectivity index (χ0n) is 9.08. The van der Waals surface area contributed by atoms with Crippen molar-refractivity contribution in [3.8, 4) is 0 Å². The van der Waals surface area contributed by atoms with Crippen LogP contribution in [0.2, 0.25) is 0 Å². The Morgan fingerprint density at radius 2 is 1.94 bits per heavy atom. The first-order chi connectivity index (χ1) is 8.27. The summed E-state index contributed by atoms with van der Waals surface area (Å²) in [5.74, 6) is -0.644. The fourth-order valence-corrected chi connectivity index (χ4v) is 1.44. The average Bonchev–Trinajstić information content (AvgIpc) is 2.40. The number of amides is 1. The Morgan fingerprint density at radius 3 is 2.59 bits per heavy atom. The number of halogens is 1. The van der Waals surface area contributed by atoms with Crippen LogP contribution in [0.25, 0.3) is 0 Å². The summed E-state index contributed by atoms with van der Waals surface area (Å²) < 4.78 is 13.6. The second-order valence-corrected chi connectivity index (χ2v) is 3.55. The van der Waals surface area contributed by atoms with Crippen molar-refractivity contribution in [2.45, 2.75) is 6.54 Å². The van der Waals surface area contributed by atoms with E-state index in [1.165, 1.54) is 6.20 Å². The van der Waals surface area contributed by atoms with Crippen LogP contribution in [0.15, 0.2) is 54.9 Å². The van der Waals surface area contributed by atoms with Crippen molar-refractivity contribution in [2.24, 2.45) is 0 Å². The van der Waals surface area contributed by atoms with Crippen molar-refractivity contribution in [3.63, 3.8) is 0 Å². The molecule has 2 rings (SSSR count). The molecule has 17 heavy (non-hydrogen) atoms. The molecule has 1 heterocycles. The van der Waals surface area contributed by atoms with E-state index >= 15 is 0 Å². The van der Waals surface area contributed by atoms with Crippen LogP contribution >= 0.6 is 0 Å². The van der Waals surface area contributed by atoms with Gasteiger partial charge in [0, 0.05) is 18.0 Å². The van der Waals surface area contributed by atoms with E-state index in [4.69, 9.17) is 0 Å². The fourth-order valence-electron chi connectivity index (χ4n) is 1.44. The lowest BCUT2D eigenvalue weighted by Gasteiger charge is -2.11. The van der Waals surface area contributed by atoms with Crippen LogP contribution in [0, 0.1) is 0 Å². The number of carbonyl (C=O) groups excluding carboxylic acids is 1. The highest BCUT2D eigenvalue weighted by Crippen LogP contribution is 2.09. The summed E-state index contributed by atoms with van der Waals surface area (Å²) in [7, 11) is 0. The quantitative estimate of drug-likeness (QED) is 0.759. The molecule has 2 aromatic rings. The third-order valence-electron chi connectivity index (χ3n) is 2.29. The van der Waals surface area contributed by atoms with Gasteiger partial charge in [-0.3, -0.25) is 9.78 Å². The molecule has 0 unspecified atom stereocenters. The Kier molecular flexibility index (Phi) is 3.45. The molecule has 0 spiro atoms. The van der Waals surface area contributed by atoms with E-state index in [0.29, 0.717) is 11.1 Å². The van der Waals surface area contributed by atoms with Gasteiger partial charge >= 0.3 is 0 Å². The van der Waals surface area contributed by atoms with Gasteiger partial charge in [-0.15, -0.1) is 0 Å². The molecule has 0 aliphatic carbocycles. The molecule has 0 bridgehead atoms. The molecule has 0 aliphatic rings. The first kappa shape index (κ1) is 11.3. The Morgan fingerprint density at radius 1 is 1.18 bits per heavy atom. The third kappa shape index (κ3) is 2.87. The SMILES string of the molecule is O=C(c1ccccc1)N(F)Cc1cccnc1. The predicted molar refractivity (Wildman–Crippen MR) is 61.7 cm³/mol. The van der Waals surface area contributed by atoms with E-state index in [2.05, 4.69) is 4.98 Å². The molecule has 0 aliphatic heterocycles. The molecular formula is C13H11FN2O. The molecule has 3 nitrogen and oxygen atoms in total. The smallest absolute Gasteiger partial charge is 0.266 e. The van der Waals surface area contributed by atoms with Crippen molar-refractivity contribution < 1.29 is 9.28 Å². The molecule has 0 atom stereocenters. The first-order valence-corrected chi connectivity index (χ1v) is 5.19. The van der Waals surface area contributed by atoms with E-state index < -0.39 is 5.91 Å². The van der Waals surface area contributed by atoms with Crippen molar-refractivity contribution in [3.05, 3.63) is 66.0 Å². The number of carbonyl (C=O) groups is 1. The molecular weight excluding hydrogens is 219 g/mol. The molecule has 0 saturated carbocycles. The Bertz CT molecular complexity index is 487. The molecule has 1 amide bonds. The number of hydrogen-bond donors (Lipinski definition) is 0. The Balaban J connectivity index is 2.06. The number of aromatic nitrogens is 1. The fraction of sp³-hybridized carbons (Fsp3) is 0.0769. The highest BCUT2D eigenvalue weighted by atomic mass is 19.2. The van der Waals surface area contributed by atoms with Gasteiger partial charge in [0.05, 0.1) is 6.54 Å². The Hall–Kier alpha value is -2.23. The van der Waals surface area contributed by atoms with Gasteiger partial charge < -0.3 is 0 Å². The van der Waals surface area contributed by atoms with Gasteiger partial charge in [-0.25, -0.2) is 0 Å². The summed E-state index contributed by atoms with van der Waals surface area (Å²) in [6, 6.07) is 11.8. The molecule has 1 aromatic carbocycles. The summed E-state index contributed by atoms with van der Waals surface area (Å²) in [6.45, 7) is -0.0957. The minimum Gasteiger partial charge on any atom is -0.266 e. The maximum atomic E-state index is 13.6. The third-order valence-corrected chi connectivity index (χ3v) is 2.29. The van der Waals surface area contributed by atoms with Crippen molar-refractivity contribution in [2.75, 3.05) is 0 Å². The first-order valence-electron chi connectivity index (χ1n) is 5.19. The van der Waals surface area contributed by atoms with E-state index in [0.717, 1.165) is 0 Å². The summed E-state index contributed by atoms with van der Waals surface area (Å²) in [4.78, 5) is 15.5. The van der Waals surface area contributed by atoms with E-state index in [9.17, 15) is 9.28 Å². The van der Waals surface area contributed by atoms with E-state index in [1.807, 2.05) is 0 Å². The lowest BCUT2D eigenvalue weighted by Crippen LogP contribution is -2.22. The monoisotopic (exact) mass is 230 g/mol. The topological polar surface area (TPSA) is 33.2 Å². The van der Waals surface area contributed by atoms with Crippen LogP contribution in [0.4, 0.5) is 4.48 Å². The molecule has 86 valence electrons. The minimum absolute atomic E-state index is 0.0957. The molecule has 0 N–H and O–H groups in total. The van der Waals surface area contributed by atoms with Gasteiger partial charge in [-0.2, -0.15) is 5.12 Å². The number of nitrogens with zero attached hydrogens (tertiary/aromatic N) is 2. The predicted octanol–water partition coefficient (Wildman–Crippen LogP) is 2.61. The van der Waals surface area contributed by atoms with Crippen LogP contribution in [-0.2, 0) is 6.54 Å².